The highest BCUT2D eigenvalue weighted by Gasteiger charge is 2.36. The van der Waals surface area contributed by atoms with Crippen LogP contribution in [0.25, 0.3) is 0 Å². The first-order chi connectivity index (χ1) is 10.7. The van der Waals surface area contributed by atoms with Crippen LogP contribution in [0.2, 0.25) is 0 Å². The first-order valence-corrected chi connectivity index (χ1v) is 7.63. The maximum absolute atomic E-state index is 12.9. The van der Waals surface area contributed by atoms with Gasteiger partial charge in [-0.15, -0.1) is 0 Å². The number of aryl methyl sites for hydroxylation is 1. The highest BCUT2D eigenvalue weighted by Crippen LogP contribution is 2.29. The Labute approximate surface area is 131 Å². The van der Waals surface area contributed by atoms with E-state index in [2.05, 4.69) is 10.4 Å². The van der Waals surface area contributed by atoms with Crippen molar-refractivity contribution in [2.75, 3.05) is 53.6 Å². The SMILES string of the molecule is COCCN(CCOC)C(=O)[C@H]1CNC[C@@H]1c1cnn(C)c1. The highest BCUT2D eigenvalue weighted by atomic mass is 16.5. The average molecular weight is 310 g/mol. The summed E-state index contributed by atoms with van der Waals surface area (Å²) in [5.74, 6) is 0.277. The normalized spacial score (nSPS) is 21.2. The van der Waals surface area contributed by atoms with E-state index in [1.54, 1.807) is 18.9 Å². The zero-order valence-corrected chi connectivity index (χ0v) is 13.6. The van der Waals surface area contributed by atoms with E-state index < -0.39 is 0 Å². The minimum absolute atomic E-state index is 0.0575. The molecule has 1 aromatic heterocycles. The predicted octanol–water partition coefficient (Wildman–Crippen LogP) is -0.155. The zero-order chi connectivity index (χ0) is 15.9. The van der Waals surface area contributed by atoms with Crippen LogP contribution in [0.5, 0.6) is 0 Å². The van der Waals surface area contributed by atoms with Gasteiger partial charge < -0.3 is 19.7 Å². The van der Waals surface area contributed by atoms with Crippen molar-refractivity contribution >= 4 is 5.91 Å². The summed E-state index contributed by atoms with van der Waals surface area (Å²) >= 11 is 0. The molecular weight excluding hydrogens is 284 g/mol. The van der Waals surface area contributed by atoms with Crippen molar-refractivity contribution in [2.24, 2.45) is 13.0 Å². The number of carbonyl (C=O) groups is 1. The first kappa shape index (κ1) is 16.9. The molecule has 7 nitrogen and oxygen atoms in total. The van der Waals surface area contributed by atoms with Crippen LogP contribution in [0.1, 0.15) is 11.5 Å². The van der Waals surface area contributed by atoms with Crippen LogP contribution in [0.3, 0.4) is 0 Å². The molecule has 1 saturated heterocycles. The molecule has 2 rings (SSSR count). The first-order valence-electron chi connectivity index (χ1n) is 7.63. The number of nitrogens with zero attached hydrogens (tertiary/aromatic N) is 3. The molecule has 0 aromatic carbocycles. The van der Waals surface area contributed by atoms with Gasteiger partial charge in [-0.3, -0.25) is 9.48 Å². The van der Waals surface area contributed by atoms with Gasteiger partial charge >= 0.3 is 0 Å². The van der Waals surface area contributed by atoms with Crippen molar-refractivity contribution in [1.29, 1.82) is 0 Å². The van der Waals surface area contributed by atoms with Gasteiger partial charge in [0.1, 0.15) is 0 Å². The van der Waals surface area contributed by atoms with Gasteiger partial charge in [0.05, 0.1) is 25.3 Å². The van der Waals surface area contributed by atoms with Crippen molar-refractivity contribution in [3.8, 4) is 0 Å². The molecule has 1 aliphatic heterocycles. The van der Waals surface area contributed by atoms with E-state index >= 15 is 0 Å². The Kier molecular flexibility index (Phi) is 6.35. The van der Waals surface area contributed by atoms with Crippen LogP contribution < -0.4 is 5.32 Å². The van der Waals surface area contributed by atoms with E-state index in [1.165, 1.54) is 0 Å². The van der Waals surface area contributed by atoms with Crippen molar-refractivity contribution < 1.29 is 14.3 Å². The highest BCUT2D eigenvalue weighted by molar-refractivity contribution is 5.80. The summed E-state index contributed by atoms with van der Waals surface area (Å²) < 4.78 is 12.0. The van der Waals surface area contributed by atoms with E-state index in [1.807, 2.05) is 24.3 Å². The Morgan fingerprint density at radius 1 is 1.36 bits per heavy atom. The van der Waals surface area contributed by atoms with Crippen LogP contribution in [-0.4, -0.2) is 74.2 Å². The number of hydrogen-bond donors (Lipinski definition) is 1. The third kappa shape index (κ3) is 4.06. The smallest absolute Gasteiger partial charge is 0.227 e. The average Bonchev–Trinajstić information content (AvgIpc) is 3.15. The second-order valence-electron chi connectivity index (χ2n) is 5.63. The second-order valence-corrected chi connectivity index (χ2v) is 5.63. The number of amides is 1. The molecule has 0 spiro atoms. The lowest BCUT2D eigenvalue weighted by Crippen LogP contribution is -2.42. The monoisotopic (exact) mass is 310 g/mol. The van der Waals surface area contributed by atoms with Gasteiger partial charge in [0.15, 0.2) is 0 Å². The predicted molar refractivity (Wildman–Crippen MR) is 82.6 cm³/mol. The third-order valence-electron chi connectivity index (χ3n) is 4.13. The molecule has 1 N–H and O–H groups in total. The number of rotatable bonds is 8. The van der Waals surface area contributed by atoms with Gasteiger partial charge in [-0.05, 0) is 5.56 Å². The van der Waals surface area contributed by atoms with Crippen molar-refractivity contribution in [3.05, 3.63) is 18.0 Å². The lowest BCUT2D eigenvalue weighted by atomic mass is 9.90. The molecule has 22 heavy (non-hydrogen) atoms. The molecular formula is C15H26N4O3. The van der Waals surface area contributed by atoms with E-state index in [9.17, 15) is 4.79 Å². The topological polar surface area (TPSA) is 68.6 Å². The molecule has 0 unspecified atom stereocenters. The quantitative estimate of drug-likeness (QED) is 0.723. The Hall–Kier alpha value is -1.44. The molecule has 2 heterocycles. The van der Waals surface area contributed by atoms with Crippen LogP contribution >= 0.6 is 0 Å². The fourth-order valence-corrected chi connectivity index (χ4v) is 2.89. The number of nitrogens with one attached hydrogen (secondary N) is 1. The molecule has 2 atom stereocenters. The van der Waals surface area contributed by atoms with E-state index in [-0.39, 0.29) is 17.7 Å². The van der Waals surface area contributed by atoms with Gasteiger partial charge in [0, 0.05) is 59.6 Å². The molecule has 124 valence electrons. The van der Waals surface area contributed by atoms with E-state index in [0.717, 1.165) is 12.1 Å². The largest absolute Gasteiger partial charge is 0.383 e. The molecule has 0 bridgehead atoms. The fraction of sp³-hybridized carbons (Fsp3) is 0.733. The van der Waals surface area contributed by atoms with Crippen molar-refractivity contribution in [3.63, 3.8) is 0 Å². The number of carbonyl (C=O) groups excluding carboxylic acids is 1. The van der Waals surface area contributed by atoms with Crippen LogP contribution in [0, 0.1) is 5.92 Å². The summed E-state index contributed by atoms with van der Waals surface area (Å²) in [6, 6.07) is 0. The number of ether oxygens (including phenoxy) is 2. The Bertz CT molecular complexity index is 469. The summed E-state index contributed by atoms with van der Waals surface area (Å²) in [5, 5.41) is 7.55. The molecule has 0 radical (unpaired) electrons. The van der Waals surface area contributed by atoms with Gasteiger partial charge in [-0.1, -0.05) is 0 Å². The van der Waals surface area contributed by atoms with E-state index in [0.29, 0.717) is 32.8 Å². The zero-order valence-electron chi connectivity index (χ0n) is 13.6. The third-order valence-corrected chi connectivity index (χ3v) is 4.13. The molecule has 1 amide bonds. The Morgan fingerprint density at radius 3 is 2.59 bits per heavy atom. The molecule has 0 saturated carbocycles. The second kappa shape index (κ2) is 8.26. The van der Waals surface area contributed by atoms with Crippen LogP contribution in [0.4, 0.5) is 0 Å². The van der Waals surface area contributed by atoms with Gasteiger partial charge in [-0.2, -0.15) is 5.10 Å². The lowest BCUT2D eigenvalue weighted by Gasteiger charge is -2.27. The van der Waals surface area contributed by atoms with Gasteiger partial charge in [0.2, 0.25) is 5.91 Å². The van der Waals surface area contributed by atoms with Crippen LogP contribution in [-0.2, 0) is 21.3 Å². The molecule has 1 aromatic rings. The van der Waals surface area contributed by atoms with Crippen molar-refractivity contribution in [2.45, 2.75) is 5.92 Å². The molecule has 1 aliphatic rings. The summed E-state index contributed by atoms with van der Waals surface area (Å²) in [5.41, 5.74) is 1.12. The number of aromatic nitrogens is 2. The van der Waals surface area contributed by atoms with Crippen molar-refractivity contribution in [1.82, 2.24) is 20.0 Å². The standard InChI is InChI=1S/C15H26N4O3/c1-18-11-12(8-17-18)13-9-16-10-14(13)15(20)19(4-6-21-2)5-7-22-3/h8,11,13-14,16H,4-7,9-10H2,1-3H3/t13-,14+/m1/s1. The molecule has 7 heteroatoms. The summed E-state index contributed by atoms with van der Waals surface area (Å²) in [4.78, 5) is 14.7. The summed E-state index contributed by atoms with van der Waals surface area (Å²) in [6.07, 6.45) is 3.85. The van der Waals surface area contributed by atoms with E-state index in [4.69, 9.17) is 9.47 Å². The van der Waals surface area contributed by atoms with Crippen LogP contribution in [0.15, 0.2) is 12.4 Å². The fourth-order valence-electron chi connectivity index (χ4n) is 2.89. The van der Waals surface area contributed by atoms with Gasteiger partial charge in [0.25, 0.3) is 0 Å². The maximum atomic E-state index is 12.9. The molecule has 0 aliphatic carbocycles. The summed E-state index contributed by atoms with van der Waals surface area (Å²) in [6.45, 7) is 3.77. The Morgan fingerprint density at radius 2 is 2.05 bits per heavy atom. The minimum atomic E-state index is -0.0575. The lowest BCUT2D eigenvalue weighted by molar-refractivity contribution is -0.136. The summed E-state index contributed by atoms with van der Waals surface area (Å²) in [7, 11) is 5.19. The number of methoxy groups -OCH3 is 2. The molecule has 1 fully saturated rings. The Balaban J connectivity index is 2.06. The number of hydrogen-bond acceptors (Lipinski definition) is 5. The maximum Gasteiger partial charge on any atom is 0.227 e. The minimum Gasteiger partial charge on any atom is -0.383 e. The van der Waals surface area contributed by atoms with Gasteiger partial charge in [-0.25, -0.2) is 0 Å².